The highest BCUT2D eigenvalue weighted by Gasteiger charge is 2.24. The molecule has 1 fully saturated rings. The second-order valence-corrected chi connectivity index (χ2v) is 5.10. The third-order valence-electron chi connectivity index (χ3n) is 3.96. The predicted octanol–water partition coefficient (Wildman–Crippen LogP) is 2.92. The molecule has 2 rings (SSSR count). The van der Waals surface area contributed by atoms with Gasteiger partial charge in [-0.25, -0.2) is 4.79 Å². The molecule has 0 atom stereocenters. The Morgan fingerprint density at radius 2 is 2.10 bits per heavy atom. The molecule has 1 heterocycles. The number of carbonyl (C=O) groups is 1. The molecule has 6 nitrogen and oxygen atoms in total. The molecule has 108 valence electrons. The molecule has 0 aliphatic carbocycles. The van der Waals surface area contributed by atoms with Gasteiger partial charge >= 0.3 is 5.97 Å². The molecule has 1 aromatic carbocycles. The number of nitro groups is 1. The zero-order valence-corrected chi connectivity index (χ0v) is 11.4. The Bertz CT molecular complexity index is 522. The third-order valence-corrected chi connectivity index (χ3v) is 3.96. The largest absolute Gasteiger partial charge is 0.478 e. The van der Waals surface area contributed by atoms with E-state index in [4.69, 9.17) is 0 Å². The first-order valence-electron chi connectivity index (χ1n) is 6.79. The lowest BCUT2D eigenvalue weighted by Gasteiger charge is -2.33. The standard InChI is InChI=1S/C14H18N2O4/c1-2-10-5-7-15(8-6-10)13-9-11(16(19)20)3-4-12(13)14(17)18/h3-4,9-10H,2,5-8H2,1H3,(H,17,18). The maximum atomic E-state index is 11.3. The molecule has 1 N–H and O–H groups in total. The molecular weight excluding hydrogens is 260 g/mol. The SMILES string of the molecule is CCC1CCN(c2cc([N+](=O)[O-])ccc2C(=O)O)CC1. The normalized spacial score (nSPS) is 16.1. The van der Waals surface area contributed by atoms with Crippen LogP contribution in [0.15, 0.2) is 18.2 Å². The molecule has 1 saturated heterocycles. The Morgan fingerprint density at radius 3 is 2.60 bits per heavy atom. The summed E-state index contributed by atoms with van der Waals surface area (Å²) in [5.41, 5.74) is 0.523. The van der Waals surface area contributed by atoms with Crippen molar-refractivity contribution in [3.63, 3.8) is 0 Å². The topological polar surface area (TPSA) is 83.7 Å². The van der Waals surface area contributed by atoms with Gasteiger partial charge in [-0.15, -0.1) is 0 Å². The van der Waals surface area contributed by atoms with Crippen LogP contribution in [0.4, 0.5) is 11.4 Å². The molecule has 6 heteroatoms. The molecule has 1 aliphatic rings. The lowest BCUT2D eigenvalue weighted by molar-refractivity contribution is -0.384. The van der Waals surface area contributed by atoms with Crippen molar-refractivity contribution < 1.29 is 14.8 Å². The Hall–Kier alpha value is -2.11. The summed E-state index contributed by atoms with van der Waals surface area (Å²) < 4.78 is 0. The van der Waals surface area contributed by atoms with Crippen molar-refractivity contribution in [1.29, 1.82) is 0 Å². The number of carboxylic acids is 1. The minimum Gasteiger partial charge on any atom is -0.478 e. The van der Waals surface area contributed by atoms with Crippen molar-refractivity contribution in [3.05, 3.63) is 33.9 Å². The lowest BCUT2D eigenvalue weighted by atomic mass is 9.93. The first kappa shape index (κ1) is 14.3. The minimum absolute atomic E-state index is 0.0670. The molecule has 0 unspecified atom stereocenters. The van der Waals surface area contributed by atoms with Gasteiger partial charge in [0.15, 0.2) is 0 Å². The van der Waals surface area contributed by atoms with Crippen molar-refractivity contribution in [3.8, 4) is 0 Å². The number of hydrogen-bond donors (Lipinski definition) is 1. The van der Waals surface area contributed by atoms with Gasteiger partial charge in [-0.3, -0.25) is 10.1 Å². The average molecular weight is 278 g/mol. The molecule has 0 amide bonds. The fourth-order valence-electron chi connectivity index (χ4n) is 2.66. The van der Waals surface area contributed by atoms with Crippen LogP contribution in [-0.2, 0) is 0 Å². The fourth-order valence-corrected chi connectivity index (χ4v) is 2.66. The number of nitrogens with zero attached hydrogens (tertiary/aromatic N) is 2. The van der Waals surface area contributed by atoms with E-state index in [0.29, 0.717) is 11.6 Å². The van der Waals surface area contributed by atoms with E-state index in [0.717, 1.165) is 32.4 Å². The zero-order valence-electron chi connectivity index (χ0n) is 11.4. The van der Waals surface area contributed by atoms with Gasteiger partial charge in [-0.05, 0) is 24.8 Å². The van der Waals surface area contributed by atoms with E-state index in [2.05, 4.69) is 6.92 Å². The van der Waals surface area contributed by atoms with Crippen LogP contribution in [0, 0.1) is 16.0 Å². The predicted molar refractivity (Wildman–Crippen MR) is 75.3 cm³/mol. The number of carboxylic acid groups (broad SMARTS) is 1. The van der Waals surface area contributed by atoms with E-state index in [1.807, 2.05) is 4.90 Å². The first-order chi connectivity index (χ1) is 9.52. The van der Waals surface area contributed by atoms with Crippen LogP contribution in [0.2, 0.25) is 0 Å². The number of hydrogen-bond acceptors (Lipinski definition) is 4. The highest BCUT2D eigenvalue weighted by atomic mass is 16.6. The Morgan fingerprint density at radius 1 is 1.45 bits per heavy atom. The summed E-state index contributed by atoms with van der Waals surface area (Å²) in [4.78, 5) is 23.6. The molecule has 20 heavy (non-hydrogen) atoms. The molecule has 0 aromatic heterocycles. The monoisotopic (exact) mass is 278 g/mol. The van der Waals surface area contributed by atoms with E-state index in [1.165, 1.54) is 18.2 Å². The maximum Gasteiger partial charge on any atom is 0.337 e. The number of rotatable bonds is 4. The number of piperidine rings is 1. The molecule has 0 spiro atoms. The summed E-state index contributed by atoms with van der Waals surface area (Å²) in [6.45, 7) is 3.65. The number of benzene rings is 1. The van der Waals surface area contributed by atoms with Crippen molar-refractivity contribution in [2.75, 3.05) is 18.0 Å². The van der Waals surface area contributed by atoms with Crippen LogP contribution in [0.3, 0.4) is 0 Å². The van der Waals surface area contributed by atoms with Gasteiger partial charge < -0.3 is 10.0 Å². The lowest BCUT2D eigenvalue weighted by Crippen LogP contribution is -2.34. The first-order valence-corrected chi connectivity index (χ1v) is 6.79. The average Bonchev–Trinajstić information content (AvgIpc) is 2.46. The van der Waals surface area contributed by atoms with Crippen molar-refractivity contribution in [2.24, 2.45) is 5.92 Å². The smallest absolute Gasteiger partial charge is 0.337 e. The summed E-state index contributed by atoms with van der Waals surface area (Å²) in [6, 6.07) is 3.93. The van der Waals surface area contributed by atoms with Gasteiger partial charge in [0, 0.05) is 25.2 Å². The number of aromatic carboxylic acids is 1. The van der Waals surface area contributed by atoms with E-state index < -0.39 is 10.9 Å². The molecule has 0 saturated carbocycles. The molecular formula is C14H18N2O4. The molecule has 0 bridgehead atoms. The summed E-state index contributed by atoms with van der Waals surface area (Å²) >= 11 is 0. The highest BCUT2D eigenvalue weighted by molar-refractivity contribution is 5.95. The minimum atomic E-state index is -1.05. The maximum absolute atomic E-state index is 11.3. The number of non-ortho nitro benzene ring substituents is 1. The molecule has 1 aromatic rings. The van der Waals surface area contributed by atoms with Gasteiger partial charge in [-0.2, -0.15) is 0 Å². The fraction of sp³-hybridized carbons (Fsp3) is 0.500. The summed E-state index contributed by atoms with van der Waals surface area (Å²) in [6.07, 6.45) is 3.12. The summed E-state index contributed by atoms with van der Waals surface area (Å²) in [5, 5.41) is 20.1. The zero-order chi connectivity index (χ0) is 14.7. The van der Waals surface area contributed by atoms with Crippen LogP contribution in [0.25, 0.3) is 0 Å². The van der Waals surface area contributed by atoms with Gasteiger partial charge in [0.05, 0.1) is 16.2 Å². The van der Waals surface area contributed by atoms with Crippen LogP contribution in [0.1, 0.15) is 36.5 Å². The summed E-state index contributed by atoms with van der Waals surface area (Å²) in [5.74, 6) is -0.384. The van der Waals surface area contributed by atoms with Crippen LogP contribution in [-0.4, -0.2) is 29.1 Å². The second kappa shape index (κ2) is 5.90. The van der Waals surface area contributed by atoms with Crippen molar-refractivity contribution in [2.45, 2.75) is 26.2 Å². The van der Waals surface area contributed by atoms with Crippen LogP contribution >= 0.6 is 0 Å². The Labute approximate surface area is 117 Å². The Kier molecular flexibility index (Phi) is 4.22. The van der Waals surface area contributed by atoms with E-state index >= 15 is 0 Å². The Balaban J connectivity index is 2.31. The van der Waals surface area contributed by atoms with Gasteiger partial charge in [0.1, 0.15) is 0 Å². The van der Waals surface area contributed by atoms with E-state index in [-0.39, 0.29) is 11.3 Å². The highest BCUT2D eigenvalue weighted by Crippen LogP contribution is 2.30. The van der Waals surface area contributed by atoms with Crippen molar-refractivity contribution >= 4 is 17.3 Å². The number of nitro benzene ring substituents is 1. The molecule has 0 radical (unpaired) electrons. The summed E-state index contributed by atoms with van der Waals surface area (Å²) in [7, 11) is 0. The molecule has 1 aliphatic heterocycles. The van der Waals surface area contributed by atoms with Gasteiger partial charge in [-0.1, -0.05) is 13.3 Å². The van der Waals surface area contributed by atoms with Crippen LogP contribution in [0.5, 0.6) is 0 Å². The van der Waals surface area contributed by atoms with Crippen LogP contribution < -0.4 is 4.90 Å². The quantitative estimate of drug-likeness (QED) is 0.676. The van der Waals surface area contributed by atoms with E-state index in [9.17, 15) is 20.0 Å². The van der Waals surface area contributed by atoms with Gasteiger partial charge in [0.2, 0.25) is 0 Å². The van der Waals surface area contributed by atoms with Crippen molar-refractivity contribution in [1.82, 2.24) is 0 Å². The van der Waals surface area contributed by atoms with Gasteiger partial charge in [0.25, 0.3) is 5.69 Å². The third kappa shape index (κ3) is 2.89. The second-order valence-electron chi connectivity index (χ2n) is 5.10. The number of anilines is 1. The van der Waals surface area contributed by atoms with E-state index in [1.54, 1.807) is 0 Å².